The van der Waals surface area contributed by atoms with Gasteiger partial charge in [0.1, 0.15) is 17.9 Å². The summed E-state index contributed by atoms with van der Waals surface area (Å²) in [5.41, 5.74) is 1.73. The quantitative estimate of drug-likeness (QED) is 0.868. The summed E-state index contributed by atoms with van der Waals surface area (Å²) in [7, 11) is 1.82. The van der Waals surface area contributed by atoms with Gasteiger partial charge in [-0.15, -0.1) is 0 Å². The third-order valence-corrected chi connectivity index (χ3v) is 4.29. The molecule has 0 aliphatic rings. The van der Waals surface area contributed by atoms with Crippen LogP contribution in [0.15, 0.2) is 22.7 Å². The highest BCUT2D eigenvalue weighted by Gasteiger charge is 2.18. The van der Waals surface area contributed by atoms with Crippen molar-refractivity contribution >= 4 is 33.5 Å². The minimum atomic E-state index is -1.12. The first kappa shape index (κ1) is 15.9. The predicted octanol–water partition coefficient (Wildman–Crippen LogP) is 3.68. The Morgan fingerprint density at radius 3 is 2.81 bits per heavy atom. The van der Waals surface area contributed by atoms with Gasteiger partial charge in [-0.1, -0.05) is 24.6 Å². The third-order valence-electron chi connectivity index (χ3n) is 3.06. The first-order valence-electron chi connectivity index (χ1n) is 6.30. The second-order valence-corrected chi connectivity index (χ2v) is 5.59. The molecule has 21 heavy (non-hydrogen) atoms. The van der Waals surface area contributed by atoms with Gasteiger partial charge in [0.25, 0.3) is 0 Å². The van der Waals surface area contributed by atoms with E-state index in [1.165, 1.54) is 6.07 Å². The van der Waals surface area contributed by atoms with Crippen molar-refractivity contribution in [1.82, 2.24) is 9.78 Å². The Bertz CT molecular complexity index is 685. The van der Waals surface area contributed by atoms with E-state index in [9.17, 15) is 9.90 Å². The average molecular weight is 374 g/mol. The summed E-state index contributed by atoms with van der Waals surface area (Å²) in [4.78, 5) is 11.2. The Morgan fingerprint density at radius 2 is 2.24 bits per heavy atom. The number of aryl methyl sites for hydroxylation is 2. The van der Waals surface area contributed by atoms with E-state index in [1.807, 2.05) is 14.0 Å². The van der Waals surface area contributed by atoms with E-state index >= 15 is 0 Å². The van der Waals surface area contributed by atoms with Crippen LogP contribution in [0, 0.1) is 0 Å². The van der Waals surface area contributed by atoms with Gasteiger partial charge in [0.15, 0.2) is 0 Å². The van der Waals surface area contributed by atoms with Gasteiger partial charge in [-0.05, 0) is 34.5 Å². The number of carboxylic acids is 1. The van der Waals surface area contributed by atoms with E-state index in [4.69, 9.17) is 16.3 Å². The molecule has 0 aliphatic carbocycles. The van der Waals surface area contributed by atoms with Gasteiger partial charge in [-0.25, -0.2) is 4.79 Å². The Balaban J connectivity index is 2.27. The van der Waals surface area contributed by atoms with Gasteiger partial charge >= 0.3 is 5.97 Å². The minimum Gasteiger partial charge on any atom is -0.486 e. The summed E-state index contributed by atoms with van der Waals surface area (Å²) in [5.74, 6) is -0.880. The zero-order valence-corrected chi connectivity index (χ0v) is 13.9. The van der Waals surface area contributed by atoms with Crippen LogP contribution in [0.4, 0.5) is 0 Å². The molecule has 0 unspecified atom stereocenters. The zero-order valence-electron chi connectivity index (χ0n) is 11.6. The molecule has 0 bridgehead atoms. The number of hydrogen-bond acceptors (Lipinski definition) is 3. The van der Waals surface area contributed by atoms with Crippen LogP contribution >= 0.6 is 27.5 Å². The number of benzene rings is 1. The summed E-state index contributed by atoms with van der Waals surface area (Å²) < 4.78 is 8.23. The number of hydrogen-bond donors (Lipinski definition) is 1. The van der Waals surface area contributed by atoms with Crippen molar-refractivity contribution in [2.75, 3.05) is 0 Å². The zero-order chi connectivity index (χ0) is 15.6. The van der Waals surface area contributed by atoms with Crippen LogP contribution in [0.5, 0.6) is 5.75 Å². The van der Waals surface area contributed by atoms with Gasteiger partial charge < -0.3 is 9.84 Å². The summed E-state index contributed by atoms with van der Waals surface area (Å²) in [6.45, 7) is 2.21. The van der Waals surface area contributed by atoms with Crippen molar-refractivity contribution in [3.8, 4) is 5.75 Å². The summed E-state index contributed by atoms with van der Waals surface area (Å²) in [5, 5.41) is 13.7. The van der Waals surface area contributed by atoms with Crippen LogP contribution in [0.25, 0.3) is 0 Å². The maximum Gasteiger partial charge on any atom is 0.341 e. The molecule has 0 radical (unpaired) electrons. The van der Waals surface area contributed by atoms with E-state index in [1.54, 1.807) is 16.8 Å². The largest absolute Gasteiger partial charge is 0.486 e. The highest BCUT2D eigenvalue weighted by molar-refractivity contribution is 9.10. The lowest BCUT2D eigenvalue weighted by Crippen LogP contribution is -2.07. The molecule has 0 amide bonds. The molecule has 2 rings (SSSR count). The molecule has 1 heterocycles. The maximum absolute atomic E-state index is 11.2. The predicted molar refractivity (Wildman–Crippen MR) is 83.0 cm³/mol. The smallest absolute Gasteiger partial charge is 0.341 e. The van der Waals surface area contributed by atoms with Crippen LogP contribution in [0.3, 0.4) is 0 Å². The number of carbonyl (C=O) groups is 1. The first-order chi connectivity index (χ1) is 9.95. The number of carboxylic acid groups (broad SMARTS) is 1. The molecule has 0 saturated carbocycles. The minimum absolute atomic E-state index is 0.0341. The number of aromatic nitrogens is 2. The topological polar surface area (TPSA) is 64.4 Å². The van der Waals surface area contributed by atoms with Crippen molar-refractivity contribution in [2.24, 2.45) is 7.05 Å². The third kappa shape index (κ3) is 3.22. The Morgan fingerprint density at radius 1 is 1.52 bits per heavy atom. The number of rotatable bonds is 5. The van der Waals surface area contributed by atoms with Crippen molar-refractivity contribution < 1.29 is 14.6 Å². The lowest BCUT2D eigenvalue weighted by Gasteiger charge is -2.10. The Hall–Kier alpha value is -1.53. The van der Waals surface area contributed by atoms with Crippen LogP contribution in [0.1, 0.15) is 28.7 Å². The number of aromatic carboxylic acids is 1. The molecule has 112 valence electrons. The average Bonchev–Trinajstić information content (AvgIpc) is 2.70. The maximum atomic E-state index is 11.2. The van der Waals surface area contributed by atoms with E-state index in [2.05, 4.69) is 21.0 Å². The molecule has 1 aromatic carbocycles. The van der Waals surface area contributed by atoms with Crippen molar-refractivity contribution in [3.05, 3.63) is 44.6 Å². The monoisotopic (exact) mass is 372 g/mol. The van der Waals surface area contributed by atoms with E-state index in [-0.39, 0.29) is 22.9 Å². The lowest BCUT2D eigenvalue weighted by molar-refractivity contribution is 0.0692. The molecule has 0 fully saturated rings. The number of halogens is 2. The molecule has 0 spiro atoms. The first-order valence-corrected chi connectivity index (χ1v) is 7.47. The molecule has 1 N–H and O–H groups in total. The normalized spacial score (nSPS) is 10.7. The molecule has 2 aromatic rings. The van der Waals surface area contributed by atoms with Gasteiger partial charge in [0.05, 0.1) is 20.9 Å². The van der Waals surface area contributed by atoms with Crippen LogP contribution in [-0.2, 0) is 20.1 Å². The fourth-order valence-electron chi connectivity index (χ4n) is 1.95. The summed E-state index contributed by atoms with van der Waals surface area (Å²) in [6.07, 6.45) is 0.798. The van der Waals surface area contributed by atoms with Crippen LogP contribution in [-0.4, -0.2) is 20.9 Å². The van der Waals surface area contributed by atoms with Crippen molar-refractivity contribution in [3.63, 3.8) is 0 Å². The van der Waals surface area contributed by atoms with Gasteiger partial charge in [-0.2, -0.15) is 5.10 Å². The van der Waals surface area contributed by atoms with Gasteiger partial charge in [-0.3, -0.25) is 4.68 Å². The van der Waals surface area contributed by atoms with Crippen LogP contribution in [0.2, 0.25) is 5.02 Å². The fourth-order valence-corrected chi connectivity index (χ4v) is 2.93. The second-order valence-electron chi connectivity index (χ2n) is 4.39. The van der Waals surface area contributed by atoms with Crippen molar-refractivity contribution in [1.29, 1.82) is 0 Å². The molecule has 7 heteroatoms. The SMILES string of the molecule is CCc1nn(C)c(COc2cccc(Cl)c2C(=O)O)c1Br. The highest BCUT2D eigenvalue weighted by atomic mass is 79.9. The molecule has 0 aliphatic heterocycles. The molecular formula is C14H14BrClN2O3. The molecule has 0 saturated heterocycles. The molecule has 1 aromatic heterocycles. The second kappa shape index (κ2) is 6.49. The standard InChI is InChI=1S/C14H14BrClN2O3/c1-3-9-13(15)10(18(2)17-9)7-21-11-6-4-5-8(16)12(11)14(19)20/h4-6H,3,7H2,1-2H3,(H,19,20). The number of ether oxygens (including phenoxy) is 1. The Labute approximate surface area is 135 Å². The fraction of sp³-hybridized carbons (Fsp3) is 0.286. The van der Waals surface area contributed by atoms with E-state index in [0.29, 0.717) is 0 Å². The molecule has 0 atom stereocenters. The van der Waals surface area contributed by atoms with Gasteiger partial charge in [0, 0.05) is 7.05 Å². The van der Waals surface area contributed by atoms with Crippen molar-refractivity contribution in [2.45, 2.75) is 20.0 Å². The molecule has 5 nitrogen and oxygen atoms in total. The summed E-state index contributed by atoms with van der Waals surface area (Å²) in [6, 6.07) is 4.76. The highest BCUT2D eigenvalue weighted by Crippen LogP contribution is 2.28. The van der Waals surface area contributed by atoms with E-state index in [0.717, 1.165) is 22.3 Å². The number of nitrogens with zero attached hydrogens (tertiary/aromatic N) is 2. The molecular weight excluding hydrogens is 360 g/mol. The lowest BCUT2D eigenvalue weighted by atomic mass is 10.2. The van der Waals surface area contributed by atoms with Gasteiger partial charge in [0.2, 0.25) is 0 Å². The Kier molecular flexibility index (Phi) is 4.90. The summed E-state index contributed by atoms with van der Waals surface area (Å²) >= 11 is 9.40. The van der Waals surface area contributed by atoms with E-state index < -0.39 is 5.97 Å². The van der Waals surface area contributed by atoms with Crippen LogP contribution < -0.4 is 4.74 Å².